The lowest BCUT2D eigenvalue weighted by atomic mass is 10.0. The smallest absolute Gasteiger partial charge is 0.332 e. The maximum Gasteiger partial charge on any atom is 0.332 e. The molecule has 0 unspecified atom stereocenters. The Bertz CT molecular complexity index is 507. The Hall–Kier alpha value is -1.78. The van der Waals surface area contributed by atoms with Gasteiger partial charge in [-0.1, -0.05) is 39.5 Å². The number of esters is 1. The van der Waals surface area contributed by atoms with Crippen molar-refractivity contribution in [1.29, 1.82) is 0 Å². The Labute approximate surface area is 146 Å². The van der Waals surface area contributed by atoms with E-state index in [4.69, 9.17) is 4.74 Å². The van der Waals surface area contributed by atoms with Gasteiger partial charge in [-0.3, -0.25) is 4.79 Å². The SMILES string of the molecule is CCCCCCC1=C(N(C)C)N(CCCC)/C(=C/C(=O)OC)C1=O. The van der Waals surface area contributed by atoms with Gasteiger partial charge < -0.3 is 14.5 Å². The summed E-state index contributed by atoms with van der Waals surface area (Å²) in [5.74, 6) is 0.419. The molecule has 1 aliphatic rings. The molecule has 0 atom stereocenters. The van der Waals surface area contributed by atoms with Gasteiger partial charge in [0.15, 0.2) is 0 Å². The largest absolute Gasteiger partial charge is 0.466 e. The second kappa shape index (κ2) is 10.2. The highest BCUT2D eigenvalue weighted by Gasteiger charge is 2.35. The fourth-order valence-corrected chi connectivity index (χ4v) is 2.98. The molecule has 0 aliphatic carbocycles. The fraction of sp³-hybridized carbons (Fsp3) is 0.684. The van der Waals surface area contributed by atoms with Crippen LogP contribution in [0.1, 0.15) is 58.8 Å². The van der Waals surface area contributed by atoms with Crippen LogP contribution in [0.25, 0.3) is 0 Å². The van der Waals surface area contributed by atoms with Gasteiger partial charge in [-0.2, -0.15) is 0 Å². The van der Waals surface area contributed by atoms with Gasteiger partial charge in [-0.05, 0) is 19.3 Å². The predicted octanol–water partition coefficient (Wildman–Crippen LogP) is 3.47. The first-order valence-electron chi connectivity index (χ1n) is 9.00. The Kier molecular flexibility index (Phi) is 8.58. The van der Waals surface area contributed by atoms with Crippen LogP contribution >= 0.6 is 0 Å². The molecule has 136 valence electrons. The third-order valence-corrected chi connectivity index (χ3v) is 4.22. The molecule has 0 saturated heterocycles. The Morgan fingerprint density at radius 2 is 1.79 bits per heavy atom. The van der Waals surface area contributed by atoms with E-state index in [1.54, 1.807) is 0 Å². The number of ether oxygens (including phenoxy) is 1. The van der Waals surface area contributed by atoms with Crippen LogP contribution in [0, 0.1) is 0 Å². The van der Waals surface area contributed by atoms with Crippen molar-refractivity contribution < 1.29 is 14.3 Å². The lowest BCUT2D eigenvalue weighted by Crippen LogP contribution is -2.29. The van der Waals surface area contributed by atoms with Gasteiger partial charge in [0.25, 0.3) is 0 Å². The number of carbonyl (C=O) groups excluding carboxylic acids is 2. The van der Waals surface area contributed by atoms with Crippen molar-refractivity contribution >= 4 is 11.8 Å². The van der Waals surface area contributed by atoms with E-state index in [0.717, 1.165) is 50.0 Å². The number of allylic oxidation sites excluding steroid dienone is 1. The third kappa shape index (κ3) is 5.11. The molecule has 1 heterocycles. The van der Waals surface area contributed by atoms with Crippen molar-refractivity contribution in [3.8, 4) is 0 Å². The average molecular weight is 336 g/mol. The summed E-state index contributed by atoms with van der Waals surface area (Å²) in [6.07, 6.45) is 8.56. The number of unbranched alkanes of at least 4 members (excludes halogenated alkanes) is 4. The molecule has 0 aromatic heterocycles. The van der Waals surface area contributed by atoms with E-state index in [2.05, 4.69) is 13.8 Å². The van der Waals surface area contributed by atoms with Crippen LogP contribution in [0.15, 0.2) is 23.2 Å². The van der Waals surface area contributed by atoms with Crippen molar-refractivity contribution in [2.75, 3.05) is 27.7 Å². The normalized spacial score (nSPS) is 16.3. The summed E-state index contributed by atoms with van der Waals surface area (Å²) in [5.41, 5.74) is 1.27. The van der Waals surface area contributed by atoms with Gasteiger partial charge in [0.1, 0.15) is 5.82 Å². The topological polar surface area (TPSA) is 49.9 Å². The molecule has 1 rings (SSSR count). The first-order valence-corrected chi connectivity index (χ1v) is 9.00. The number of methoxy groups -OCH3 is 1. The van der Waals surface area contributed by atoms with Crippen molar-refractivity contribution in [2.24, 2.45) is 0 Å². The van der Waals surface area contributed by atoms with Gasteiger partial charge in [-0.25, -0.2) is 4.79 Å². The summed E-state index contributed by atoms with van der Waals surface area (Å²) in [6.45, 7) is 5.03. The van der Waals surface area contributed by atoms with Crippen LogP contribution in [-0.2, 0) is 14.3 Å². The van der Waals surface area contributed by atoms with E-state index < -0.39 is 5.97 Å². The van der Waals surface area contributed by atoms with Crippen molar-refractivity contribution in [2.45, 2.75) is 58.8 Å². The summed E-state index contributed by atoms with van der Waals surface area (Å²) in [7, 11) is 5.24. The van der Waals surface area contributed by atoms with Crippen LogP contribution in [0.4, 0.5) is 0 Å². The van der Waals surface area contributed by atoms with E-state index in [0.29, 0.717) is 5.70 Å². The summed E-state index contributed by atoms with van der Waals surface area (Å²) >= 11 is 0. The molecule has 0 bridgehead atoms. The summed E-state index contributed by atoms with van der Waals surface area (Å²) < 4.78 is 4.73. The van der Waals surface area contributed by atoms with Crippen molar-refractivity contribution in [3.05, 3.63) is 23.2 Å². The van der Waals surface area contributed by atoms with Gasteiger partial charge in [0.2, 0.25) is 5.78 Å². The highest BCUT2D eigenvalue weighted by Crippen LogP contribution is 2.33. The first-order chi connectivity index (χ1) is 11.5. The van der Waals surface area contributed by atoms with Crippen LogP contribution in [-0.4, -0.2) is 49.3 Å². The second-order valence-corrected chi connectivity index (χ2v) is 6.39. The molecule has 0 radical (unpaired) electrons. The third-order valence-electron chi connectivity index (χ3n) is 4.22. The van der Waals surface area contributed by atoms with Gasteiger partial charge in [-0.15, -0.1) is 0 Å². The summed E-state index contributed by atoms with van der Waals surface area (Å²) in [4.78, 5) is 28.6. The second-order valence-electron chi connectivity index (χ2n) is 6.39. The van der Waals surface area contributed by atoms with E-state index in [-0.39, 0.29) is 5.78 Å². The Morgan fingerprint density at radius 3 is 2.33 bits per heavy atom. The highest BCUT2D eigenvalue weighted by molar-refractivity contribution is 6.13. The maximum atomic E-state index is 12.9. The van der Waals surface area contributed by atoms with E-state index in [1.807, 2.05) is 23.9 Å². The number of ketones is 1. The zero-order chi connectivity index (χ0) is 18.1. The molecule has 0 fully saturated rings. The molecule has 0 N–H and O–H groups in total. The van der Waals surface area contributed by atoms with Crippen molar-refractivity contribution in [3.63, 3.8) is 0 Å². The minimum atomic E-state index is -0.481. The maximum absolute atomic E-state index is 12.9. The molecule has 0 aromatic rings. The number of hydrogen-bond donors (Lipinski definition) is 0. The molecular weight excluding hydrogens is 304 g/mol. The average Bonchev–Trinajstić information content (AvgIpc) is 2.81. The zero-order valence-corrected chi connectivity index (χ0v) is 15.9. The van der Waals surface area contributed by atoms with Crippen LogP contribution in [0.5, 0.6) is 0 Å². The molecular formula is C19H32N2O3. The number of Topliss-reactive ketones (excluding diaryl/α,β-unsaturated/α-hetero) is 1. The van der Waals surface area contributed by atoms with E-state index in [1.165, 1.54) is 26.0 Å². The number of rotatable bonds is 10. The lowest BCUT2D eigenvalue weighted by molar-refractivity contribution is -0.135. The standard InChI is InChI=1S/C19H32N2O3/c1-6-8-10-11-12-15-18(23)16(14-17(22)24-5)21(13-9-7-2)19(15)20(3)4/h14H,6-13H2,1-5H3/b16-14+. The molecule has 1 aliphatic heterocycles. The monoisotopic (exact) mass is 336 g/mol. The molecule has 24 heavy (non-hydrogen) atoms. The highest BCUT2D eigenvalue weighted by atomic mass is 16.5. The van der Waals surface area contributed by atoms with Gasteiger partial charge in [0.05, 0.1) is 18.9 Å². The number of carbonyl (C=O) groups is 2. The fourth-order valence-electron chi connectivity index (χ4n) is 2.98. The van der Waals surface area contributed by atoms with Crippen LogP contribution < -0.4 is 0 Å². The van der Waals surface area contributed by atoms with Crippen LogP contribution in [0.3, 0.4) is 0 Å². The minimum absolute atomic E-state index is 0.0308. The molecule has 0 amide bonds. The van der Waals surface area contributed by atoms with Gasteiger partial charge in [0, 0.05) is 26.2 Å². The first kappa shape index (κ1) is 20.3. The predicted molar refractivity (Wildman–Crippen MR) is 96.2 cm³/mol. The van der Waals surface area contributed by atoms with E-state index in [9.17, 15) is 9.59 Å². The molecule has 0 aromatic carbocycles. The number of nitrogens with zero attached hydrogens (tertiary/aromatic N) is 2. The van der Waals surface area contributed by atoms with Gasteiger partial charge >= 0.3 is 5.97 Å². The summed E-state index contributed by atoms with van der Waals surface area (Å²) in [5, 5.41) is 0. The van der Waals surface area contributed by atoms with Crippen LogP contribution in [0.2, 0.25) is 0 Å². The van der Waals surface area contributed by atoms with Crippen molar-refractivity contribution in [1.82, 2.24) is 9.80 Å². The zero-order valence-electron chi connectivity index (χ0n) is 15.9. The molecule has 0 spiro atoms. The quantitative estimate of drug-likeness (QED) is 0.347. The lowest BCUT2D eigenvalue weighted by Gasteiger charge is -2.28. The Morgan fingerprint density at radius 1 is 1.12 bits per heavy atom. The molecule has 0 saturated carbocycles. The summed E-state index contributed by atoms with van der Waals surface area (Å²) in [6, 6.07) is 0. The number of hydrogen-bond acceptors (Lipinski definition) is 5. The minimum Gasteiger partial charge on any atom is -0.466 e. The Balaban J connectivity index is 3.12. The molecule has 5 heteroatoms. The molecule has 5 nitrogen and oxygen atoms in total. The van der Waals surface area contributed by atoms with E-state index >= 15 is 0 Å².